The number of nitrogen functional groups attached to an aromatic ring is 1. The van der Waals surface area contributed by atoms with Crippen molar-refractivity contribution in [2.75, 3.05) is 77.1 Å². The van der Waals surface area contributed by atoms with Gasteiger partial charge in [-0.25, -0.2) is 8.78 Å². The number of nitrogens with zero attached hydrogens (tertiary/aromatic N) is 7. The Hall–Kier alpha value is -3.83. The van der Waals surface area contributed by atoms with Gasteiger partial charge in [-0.05, 0) is 90.8 Å². The number of fused-ring (bicyclic) bond motifs is 2. The predicted octanol–water partition coefficient (Wildman–Crippen LogP) is 4.81. The average Bonchev–Trinajstić information content (AvgIpc) is 3.80. The van der Waals surface area contributed by atoms with Gasteiger partial charge in [-0.2, -0.15) is 15.2 Å². The highest BCUT2D eigenvalue weighted by Gasteiger charge is 2.45. The number of rotatable bonds is 12. The van der Waals surface area contributed by atoms with E-state index in [0.717, 1.165) is 75.9 Å². The van der Waals surface area contributed by atoms with Gasteiger partial charge in [0.05, 0.1) is 20.7 Å². The highest BCUT2D eigenvalue weighted by Crippen LogP contribution is 2.40. The summed E-state index contributed by atoms with van der Waals surface area (Å²) in [6.45, 7) is 9.35. The first-order chi connectivity index (χ1) is 24.5. The fourth-order valence-electron chi connectivity index (χ4n) is 7.63. The maximum absolute atomic E-state index is 16.7. The van der Waals surface area contributed by atoms with Gasteiger partial charge in [0.15, 0.2) is 5.82 Å². The molecule has 3 fully saturated rings. The number of nitriles is 1. The third kappa shape index (κ3) is 7.70. The van der Waals surface area contributed by atoms with E-state index in [0.29, 0.717) is 62.3 Å². The van der Waals surface area contributed by atoms with Gasteiger partial charge in [0.2, 0.25) is 5.91 Å². The molecule has 2 aromatic heterocycles. The van der Waals surface area contributed by atoms with Gasteiger partial charge in [-0.15, -0.1) is 11.3 Å². The lowest BCUT2D eigenvalue weighted by molar-refractivity contribution is -0.127. The van der Waals surface area contributed by atoms with E-state index < -0.39 is 5.82 Å². The summed E-state index contributed by atoms with van der Waals surface area (Å²) in [7, 11) is 4.11. The van der Waals surface area contributed by atoms with Crippen LogP contribution >= 0.6 is 22.9 Å². The van der Waals surface area contributed by atoms with Crippen LogP contribution in [0.2, 0.25) is 5.02 Å². The molecule has 0 bridgehead atoms. The Morgan fingerprint density at radius 1 is 1.18 bits per heavy atom. The fourth-order valence-corrected chi connectivity index (χ4v) is 8.69. The summed E-state index contributed by atoms with van der Waals surface area (Å²) in [5.41, 5.74) is 6.48. The van der Waals surface area contributed by atoms with E-state index in [1.165, 1.54) is 6.08 Å². The lowest BCUT2D eigenvalue weighted by Gasteiger charge is -2.36. The van der Waals surface area contributed by atoms with Crippen LogP contribution in [0.1, 0.15) is 62.5 Å². The van der Waals surface area contributed by atoms with Crippen molar-refractivity contribution < 1.29 is 18.3 Å². The summed E-state index contributed by atoms with van der Waals surface area (Å²) in [5, 5.41) is 10.4. The zero-order valence-corrected chi connectivity index (χ0v) is 30.9. The van der Waals surface area contributed by atoms with Crippen LogP contribution in [0.15, 0.2) is 18.2 Å². The number of nitrogens with two attached hydrogens (primary N) is 1. The fraction of sp³-hybridized carbons (Fsp3) is 0.514. The number of ether oxygens (including phenoxy) is 1. The van der Waals surface area contributed by atoms with Crippen molar-refractivity contribution in [1.82, 2.24) is 24.7 Å². The Bertz CT molecular complexity index is 1960. The van der Waals surface area contributed by atoms with Gasteiger partial charge in [-0.3, -0.25) is 9.69 Å². The molecular formula is C37H45ClF2N8O2S. The molecule has 5 heterocycles. The van der Waals surface area contributed by atoms with Crippen molar-refractivity contribution >= 4 is 63.0 Å². The second kappa shape index (κ2) is 15.8. The molecule has 0 aliphatic carbocycles. The molecule has 0 spiro atoms. The molecule has 0 atom stereocenters. The maximum atomic E-state index is 16.7. The lowest BCUT2D eigenvalue weighted by atomic mass is 9.95. The van der Waals surface area contributed by atoms with Crippen molar-refractivity contribution in [3.63, 3.8) is 0 Å². The van der Waals surface area contributed by atoms with E-state index in [-0.39, 0.29) is 53.9 Å². The predicted molar refractivity (Wildman–Crippen MR) is 200 cm³/mol. The largest absolute Gasteiger partial charge is 0.461 e. The van der Waals surface area contributed by atoms with Crippen LogP contribution in [0.5, 0.6) is 6.01 Å². The molecule has 1 aromatic carbocycles. The monoisotopic (exact) mass is 738 g/mol. The number of amides is 1. The number of aromatic nitrogens is 2. The second-order valence-electron chi connectivity index (χ2n) is 14.0. The molecular weight excluding hydrogens is 694 g/mol. The minimum absolute atomic E-state index is 0.00788. The summed E-state index contributed by atoms with van der Waals surface area (Å²) in [4.78, 5) is 31.1. The Labute approximate surface area is 306 Å². The second-order valence-corrected chi connectivity index (χ2v) is 15.5. The quantitative estimate of drug-likeness (QED) is 0.207. The standard InChI is InChI=1S/C37H45ClF2N8O2S/c1-24(9-5-4-6-12-45(2)3)35(49)47-17-15-46(16-18-47)34-27-20-29(38)26(19-25-28(22-41)33(42)51-30(25)21-39)31(40)32(27)43-36(44-34)50-23-37-10-7-13-48(37)14-8-11-37/h19-21H,1,4-18,23,42H2,2-3H3/b25-19+,30-21-. The first-order valence-corrected chi connectivity index (χ1v) is 18.8. The molecule has 0 radical (unpaired) electrons. The summed E-state index contributed by atoms with van der Waals surface area (Å²) in [6, 6.07) is 3.63. The molecule has 3 aliphatic rings. The van der Waals surface area contributed by atoms with E-state index >= 15 is 4.39 Å². The number of hydrogen-bond acceptors (Lipinski definition) is 10. The van der Waals surface area contributed by atoms with E-state index in [9.17, 15) is 14.4 Å². The summed E-state index contributed by atoms with van der Waals surface area (Å²) < 4.78 is 36.9. The zero-order chi connectivity index (χ0) is 36.3. The van der Waals surface area contributed by atoms with Gasteiger partial charge in [0.1, 0.15) is 35.3 Å². The Kier molecular flexibility index (Phi) is 11.5. The first kappa shape index (κ1) is 36.9. The Morgan fingerprint density at radius 2 is 1.90 bits per heavy atom. The van der Waals surface area contributed by atoms with Gasteiger partial charge in [0.25, 0.3) is 0 Å². The third-order valence-corrected chi connectivity index (χ3v) is 11.7. The third-order valence-electron chi connectivity index (χ3n) is 10.4. The minimum Gasteiger partial charge on any atom is -0.461 e. The molecule has 2 N–H and O–H groups in total. The summed E-state index contributed by atoms with van der Waals surface area (Å²) >= 11 is 7.63. The van der Waals surface area contributed by atoms with Crippen LogP contribution in [0.25, 0.3) is 23.3 Å². The van der Waals surface area contributed by atoms with Crippen LogP contribution in [0, 0.1) is 17.1 Å². The molecule has 10 nitrogen and oxygen atoms in total. The number of piperazine rings is 1. The van der Waals surface area contributed by atoms with Crippen LogP contribution in [-0.2, 0) is 4.79 Å². The smallest absolute Gasteiger partial charge is 0.319 e. The zero-order valence-electron chi connectivity index (χ0n) is 29.3. The SMILES string of the molecule is C=C(CCCCCN(C)C)C(=O)N1CCN(c2nc(OCC34CCCN3CCC4)nc3c(F)c(/C=c4\c(C#N)c(N)s\c4=C/F)c(Cl)cc23)CC1. The van der Waals surface area contributed by atoms with Gasteiger partial charge in [-0.1, -0.05) is 24.6 Å². The van der Waals surface area contributed by atoms with E-state index in [4.69, 9.17) is 27.1 Å². The van der Waals surface area contributed by atoms with Crippen molar-refractivity contribution in [3.8, 4) is 12.1 Å². The number of carbonyl (C=O) groups is 1. The summed E-state index contributed by atoms with van der Waals surface area (Å²) in [5.74, 6) is -0.334. The van der Waals surface area contributed by atoms with Crippen molar-refractivity contribution in [2.24, 2.45) is 0 Å². The van der Waals surface area contributed by atoms with Crippen LogP contribution in [-0.4, -0.2) is 103 Å². The number of unbranched alkanes of at least 4 members (excludes halogenated alkanes) is 2. The number of thiophene rings is 1. The van der Waals surface area contributed by atoms with E-state index in [2.05, 4.69) is 35.5 Å². The minimum atomic E-state index is -0.748. The van der Waals surface area contributed by atoms with Crippen molar-refractivity contribution in [1.29, 1.82) is 5.26 Å². The van der Waals surface area contributed by atoms with Crippen LogP contribution in [0.4, 0.5) is 19.6 Å². The Morgan fingerprint density at radius 3 is 2.57 bits per heavy atom. The normalized spacial score (nSPS) is 18.2. The highest BCUT2D eigenvalue weighted by molar-refractivity contribution is 7.14. The molecule has 3 aliphatic heterocycles. The van der Waals surface area contributed by atoms with Crippen molar-refractivity contribution in [2.45, 2.75) is 56.9 Å². The molecule has 272 valence electrons. The maximum Gasteiger partial charge on any atom is 0.319 e. The molecule has 0 unspecified atom stereocenters. The molecule has 14 heteroatoms. The molecule has 3 saturated heterocycles. The number of anilines is 2. The van der Waals surface area contributed by atoms with Crippen LogP contribution < -0.4 is 25.1 Å². The molecule has 0 saturated carbocycles. The first-order valence-electron chi connectivity index (χ1n) is 17.6. The van der Waals surface area contributed by atoms with Gasteiger partial charge >= 0.3 is 6.01 Å². The number of halogens is 3. The van der Waals surface area contributed by atoms with Crippen LogP contribution in [0.3, 0.4) is 0 Å². The number of carbonyl (C=O) groups excluding carboxylic acids is 1. The van der Waals surface area contributed by atoms with E-state index in [1.807, 2.05) is 15.9 Å². The highest BCUT2D eigenvalue weighted by atomic mass is 35.5. The van der Waals surface area contributed by atoms with E-state index in [1.54, 1.807) is 6.07 Å². The molecule has 51 heavy (non-hydrogen) atoms. The van der Waals surface area contributed by atoms with Crippen molar-refractivity contribution in [3.05, 3.63) is 49.9 Å². The molecule has 3 aromatic rings. The lowest BCUT2D eigenvalue weighted by Crippen LogP contribution is -2.49. The Balaban J connectivity index is 1.30. The van der Waals surface area contributed by atoms with Gasteiger partial charge < -0.3 is 25.2 Å². The number of hydrogen-bond donors (Lipinski definition) is 1. The topological polar surface area (TPSA) is 115 Å². The van der Waals surface area contributed by atoms with Gasteiger partial charge in [0, 0.05) is 47.9 Å². The number of benzene rings is 1. The summed E-state index contributed by atoms with van der Waals surface area (Å²) in [6.07, 6.45) is 9.62. The average molecular weight is 739 g/mol. The molecule has 1 amide bonds. The molecule has 6 rings (SSSR count).